The first-order valence-electron chi connectivity index (χ1n) is 8.05. The molecule has 1 aliphatic rings. The molecule has 1 fully saturated rings. The van der Waals surface area contributed by atoms with E-state index in [1.807, 2.05) is 38.8 Å². The number of nitrogens with zero attached hydrogens (tertiary/aromatic N) is 1. The maximum absolute atomic E-state index is 12.3. The first kappa shape index (κ1) is 16.8. The maximum atomic E-state index is 12.3. The Morgan fingerprint density at radius 3 is 2.45 bits per heavy atom. The average Bonchev–Trinajstić information content (AvgIpc) is 2.82. The van der Waals surface area contributed by atoms with E-state index < -0.39 is 5.60 Å². The molecule has 0 spiro atoms. The summed E-state index contributed by atoms with van der Waals surface area (Å²) in [5.74, 6) is 0.945. The van der Waals surface area contributed by atoms with Gasteiger partial charge in [0.05, 0.1) is 0 Å². The van der Waals surface area contributed by atoms with Crippen LogP contribution in [0.5, 0.6) is 0 Å². The lowest BCUT2D eigenvalue weighted by Crippen LogP contribution is -2.36. The van der Waals surface area contributed by atoms with E-state index in [4.69, 9.17) is 4.74 Å². The van der Waals surface area contributed by atoms with Gasteiger partial charge in [0.1, 0.15) is 5.60 Å². The van der Waals surface area contributed by atoms with Crippen molar-refractivity contribution < 1.29 is 9.53 Å². The van der Waals surface area contributed by atoms with Gasteiger partial charge < -0.3 is 15.0 Å². The van der Waals surface area contributed by atoms with Crippen LogP contribution in [0.4, 0.5) is 4.79 Å². The van der Waals surface area contributed by atoms with Crippen molar-refractivity contribution in [3.05, 3.63) is 35.9 Å². The van der Waals surface area contributed by atoms with Crippen LogP contribution >= 0.6 is 0 Å². The summed E-state index contributed by atoms with van der Waals surface area (Å²) in [4.78, 5) is 14.2. The quantitative estimate of drug-likeness (QED) is 0.930. The molecule has 1 N–H and O–H groups in total. The summed E-state index contributed by atoms with van der Waals surface area (Å²) in [6.45, 7) is 8.20. The SMILES string of the molecule is CNCC1CN(C(=O)OC(C)(C)C)CC1Cc1ccccc1. The first-order valence-corrected chi connectivity index (χ1v) is 8.05. The van der Waals surface area contributed by atoms with Crippen LogP contribution in [0, 0.1) is 11.8 Å². The molecular weight excluding hydrogens is 276 g/mol. The molecular formula is C18H28N2O2. The molecule has 1 heterocycles. The minimum absolute atomic E-state index is 0.191. The van der Waals surface area contributed by atoms with Crippen LogP contribution in [0.1, 0.15) is 26.3 Å². The zero-order valence-corrected chi connectivity index (χ0v) is 14.1. The van der Waals surface area contributed by atoms with Gasteiger partial charge in [0.2, 0.25) is 0 Å². The van der Waals surface area contributed by atoms with Gasteiger partial charge in [0.15, 0.2) is 0 Å². The molecule has 4 nitrogen and oxygen atoms in total. The van der Waals surface area contributed by atoms with Crippen molar-refractivity contribution in [1.82, 2.24) is 10.2 Å². The molecule has 0 aromatic heterocycles. The second-order valence-electron chi connectivity index (χ2n) is 7.15. The Morgan fingerprint density at radius 1 is 1.23 bits per heavy atom. The predicted octanol–water partition coefficient (Wildman–Crippen LogP) is 2.93. The number of hydrogen-bond acceptors (Lipinski definition) is 3. The Bertz CT molecular complexity index is 482. The van der Waals surface area contributed by atoms with Crippen molar-refractivity contribution in [2.75, 3.05) is 26.7 Å². The molecule has 4 heteroatoms. The van der Waals surface area contributed by atoms with Crippen molar-refractivity contribution in [2.24, 2.45) is 11.8 Å². The molecule has 1 aromatic rings. The molecule has 0 aliphatic carbocycles. The maximum Gasteiger partial charge on any atom is 0.410 e. The van der Waals surface area contributed by atoms with Crippen molar-refractivity contribution in [1.29, 1.82) is 0 Å². The van der Waals surface area contributed by atoms with E-state index in [2.05, 4.69) is 29.6 Å². The van der Waals surface area contributed by atoms with E-state index in [9.17, 15) is 4.79 Å². The molecule has 0 radical (unpaired) electrons. The minimum atomic E-state index is -0.437. The van der Waals surface area contributed by atoms with E-state index in [-0.39, 0.29) is 6.09 Å². The van der Waals surface area contributed by atoms with Gasteiger partial charge in [-0.1, -0.05) is 30.3 Å². The van der Waals surface area contributed by atoms with E-state index in [1.165, 1.54) is 5.56 Å². The zero-order chi connectivity index (χ0) is 16.2. The zero-order valence-electron chi connectivity index (χ0n) is 14.1. The smallest absolute Gasteiger partial charge is 0.410 e. The number of rotatable bonds is 4. The number of benzene rings is 1. The lowest BCUT2D eigenvalue weighted by Gasteiger charge is -2.24. The molecule has 22 heavy (non-hydrogen) atoms. The fourth-order valence-electron chi connectivity index (χ4n) is 3.06. The van der Waals surface area contributed by atoms with Gasteiger partial charge in [-0.25, -0.2) is 4.79 Å². The number of likely N-dealkylation sites (tertiary alicyclic amines) is 1. The van der Waals surface area contributed by atoms with Crippen LogP contribution in [-0.4, -0.2) is 43.3 Å². The standard InChI is InChI=1S/C18H28N2O2/c1-18(2,3)22-17(21)20-12-15(16(13-20)11-19-4)10-14-8-6-5-7-9-14/h5-9,15-16,19H,10-13H2,1-4H3. The van der Waals surface area contributed by atoms with Gasteiger partial charge in [0.25, 0.3) is 0 Å². The van der Waals surface area contributed by atoms with Gasteiger partial charge >= 0.3 is 6.09 Å². The second-order valence-corrected chi connectivity index (χ2v) is 7.15. The van der Waals surface area contributed by atoms with Gasteiger partial charge in [-0.3, -0.25) is 0 Å². The second kappa shape index (κ2) is 7.14. The third kappa shape index (κ3) is 4.73. The Labute approximate surface area is 133 Å². The van der Waals surface area contributed by atoms with E-state index in [0.717, 1.165) is 26.1 Å². The monoisotopic (exact) mass is 304 g/mol. The topological polar surface area (TPSA) is 41.6 Å². The van der Waals surface area contributed by atoms with Crippen molar-refractivity contribution in [2.45, 2.75) is 32.8 Å². The summed E-state index contributed by atoms with van der Waals surface area (Å²) in [7, 11) is 1.97. The van der Waals surface area contributed by atoms with Crippen LogP contribution in [0.3, 0.4) is 0 Å². The normalized spacial score (nSPS) is 21.9. The molecule has 1 aliphatic heterocycles. The molecule has 2 unspecified atom stereocenters. The Morgan fingerprint density at radius 2 is 1.86 bits per heavy atom. The van der Waals surface area contributed by atoms with Gasteiger partial charge in [-0.2, -0.15) is 0 Å². The van der Waals surface area contributed by atoms with Gasteiger partial charge in [0, 0.05) is 13.1 Å². The first-order chi connectivity index (χ1) is 10.4. The number of hydrogen-bond donors (Lipinski definition) is 1. The van der Waals surface area contributed by atoms with Gasteiger partial charge in [-0.15, -0.1) is 0 Å². The molecule has 1 saturated heterocycles. The van der Waals surface area contributed by atoms with Crippen molar-refractivity contribution >= 4 is 6.09 Å². The average molecular weight is 304 g/mol. The van der Waals surface area contributed by atoms with E-state index >= 15 is 0 Å². The lowest BCUT2D eigenvalue weighted by molar-refractivity contribution is 0.0284. The Hall–Kier alpha value is -1.55. The number of ether oxygens (including phenoxy) is 1. The highest BCUT2D eigenvalue weighted by atomic mass is 16.6. The fourth-order valence-corrected chi connectivity index (χ4v) is 3.06. The van der Waals surface area contributed by atoms with Crippen LogP contribution in [-0.2, 0) is 11.2 Å². The van der Waals surface area contributed by atoms with E-state index in [1.54, 1.807) is 0 Å². The van der Waals surface area contributed by atoms with Crippen LogP contribution in [0.15, 0.2) is 30.3 Å². The summed E-state index contributed by atoms with van der Waals surface area (Å²) < 4.78 is 5.51. The number of carbonyl (C=O) groups is 1. The van der Waals surface area contributed by atoms with Gasteiger partial charge in [-0.05, 0) is 58.2 Å². The molecule has 0 bridgehead atoms. The van der Waals surface area contributed by atoms with Crippen LogP contribution in [0.2, 0.25) is 0 Å². The third-order valence-electron chi connectivity index (χ3n) is 4.04. The summed E-state index contributed by atoms with van der Waals surface area (Å²) >= 11 is 0. The van der Waals surface area contributed by atoms with E-state index in [0.29, 0.717) is 11.8 Å². The number of amides is 1. The Kier molecular flexibility index (Phi) is 5.46. The Balaban J connectivity index is 2.01. The third-order valence-corrected chi connectivity index (χ3v) is 4.04. The van der Waals surface area contributed by atoms with Crippen molar-refractivity contribution in [3.63, 3.8) is 0 Å². The molecule has 2 rings (SSSR count). The molecule has 1 aromatic carbocycles. The molecule has 2 atom stereocenters. The number of carbonyl (C=O) groups excluding carboxylic acids is 1. The van der Waals surface area contributed by atoms with Crippen molar-refractivity contribution in [3.8, 4) is 0 Å². The predicted molar refractivity (Wildman–Crippen MR) is 88.9 cm³/mol. The lowest BCUT2D eigenvalue weighted by atomic mass is 9.90. The highest BCUT2D eigenvalue weighted by molar-refractivity contribution is 5.68. The molecule has 1 amide bonds. The summed E-state index contributed by atoms with van der Waals surface area (Å²) in [6, 6.07) is 10.5. The van der Waals surface area contributed by atoms with Crippen LogP contribution in [0.25, 0.3) is 0 Å². The summed E-state index contributed by atoms with van der Waals surface area (Å²) in [5, 5.41) is 3.25. The molecule has 0 saturated carbocycles. The summed E-state index contributed by atoms with van der Waals surface area (Å²) in [5.41, 5.74) is 0.896. The highest BCUT2D eigenvalue weighted by Gasteiger charge is 2.36. The van der Waals surface area contributed by atoms with Crippen LogP contribution < -0.4 is 5.32 Å². The molecule has 122 valence electrons. The summed E-state index contributed by atoms with van der Waals surface area (Å²) in [6.07, 6.45) is 0.816. The minimum Gasteiger partial charge on any atom is -0.444 e. The highest BCUT2D eigenvalue weighted by Crippen LogP contribution is 2.27. The number of nitrogens with one attached hydrogen (secondary N) is 1. The largest absolute Gasteiger partial charge is 0.444 e. The fraction of sp³-hybridized carbons (Fsp3) is 0.611.